The molecular formula is C21H15ClN4O. The number of benzene rings is 3. The summed E-state index contributed by atoms with van der Waals surface area (Å²) in [4.78, 5) is 4.51. The van der Waals surface area contributed by atoms with Crippen LogP contribution in [0.3, 0.4) is 0 Å². The second-order valence-corrected chi connectivity index (χ2v) is 6.11. The van der Waals surface area contributed by atoms with Crippen LogP contribution in [0.5, 0.6) is 0 Å². The van der Waals surface area contributed by atoms with Crippen LogP contribution in [-0.4, -0.2) is 15.9 Å². The van der Waals surface area contributed by atoms with Crippen molar-refractivity contribution in [2.75, 3.05) is 5.43 Å². The number of aromatic nitrogens is 2. The lowest BCUT2D eigenvalue weighted by molar-refractivity contribution is 0.429. The minimum absolute atomic E-state index is 0.389. The third kappa shape index (κ3) is 3.88. The summed E-state index contributed by atoms with van der Waals surface area (Å²) in [7, 11) is 0. The van der Waals surface area contributed by atoms with Crippen molar-refractivity contribution in [2.24, 2.45) is 5.10 Å². The summed E-state index contributed by atoms with van der Waals surface area (Å²) in [6.45, 7) is 0. The first-order valence-electron chi connectivity index (χ1n) is 8.34. The van der Waals surface area contributed by atoms with Crippen molar-refractivity contribution in [1.29, 1.82) is 0 Å². The van der Waals surface area contributed by atoms with E-state index in [0.29, 0.717) is 28.1 Å². The molecule has 0 bridgehead atoms. The molecule has 0 spiro atoms. The molecule has 0 amide bonds. The van der Waals surface area contributed by atoms with Gasteiger partial charge in [0, 0.05) is 11.1 Å². The number of rotatable bonds is 5. The molecule has 0 unspecified atom stereocenters. The highest BCUT2D eigenvalue weighted by molar-refractivity contribution is 6.33. The summed E-state index contributed by atoms with van der Waals surface area (Å²) in [5.74, 6) is 0.826. The van der Waals surface area contributed by atoms with Gasteiger partial charge in [-0.1, -0.05) is 77.4 Å². The van der Waals surface area contributed by atoms with Gasteiger partial charge in [0.2, 0.25) is 5.82 Å². The Hall–Kier alpha value is -3.44. The number of hydrogen-bond acceptors (Lipinski definition) is 5. The summed E-state index contributed by atoms with van der Waals surface area (Å²) >= 11 is 6.20. The highest BCUT2D eigenvalue weighted by atomic mass is 35.5. The molecule has 6 heteroatoms. The van der Waals surface area contributed by atoms with E-state index in [0.717, 1.165) is 11.1 Å². The first-order chi connectivity index (χ1) is 13.3. The van der Waals surface area contributed by atoms with Crippen molar-refractivity contribution in [3.05, 3.63) is 101 Å². The molecule has 0 radical (unpaired) electrons. The SMILES string of the molecule is Clc1ccccc1N/N=C(\c1ccccc1)c1noc(-c2ccccc2)n1. The third-order valence-electron chi connectivity index (χ3n) is 3.87. The second-order valence-electron chi connectivity index (χ2n) is 5.71. The lowest BCUT2D eigenvalue weighted by Gasteiger charge is -2.06. The number of anilines is 1. The molecule has 1 heterocycles. The smallest absolute Gasteiger partial charge is 0.258 e. The first-order valence-corrected chi connectivity index (χ1v) is 8.72. The molecule has 0 saturated heterocycles. The molecule has 0 atom stereocenters. The fourth-order valence-electron chi connectivity index (χ4n) is 2.53. The van der Waals surface area contributed by atoms with Crippen LogP contribution >= 0.6 is 11.6 Å². The minimum atomic E-state index is 0.389. The molecular weight excluding hydrogens is 360 g/mol. The van der Waals surface area contributed by atoms with E-state index in [1.54, 1.807) is 6.07 Å². The predicted octanol–water partition coefficient (Wildman–Crippen LogP) is 5.25. The molecule has 1 aromatic heterocycles. The van der Waals surface area contributed by atoms with Crippen molar-refractivity contribution in [2.45, 2.75) is 0 Å². The fourth-order valence-corrected chi connectivity index (χ4v) is 2.70. The van der Waals surface area contributed by atoms with Crippen LogP contribution in [0.1, 0.15) is 11.4 Å². The van der Waals surface area contributed by atoms with Gasteiger partial charge in [0.1, 0.15) is 5.71 Å². The van der Waals surface area contributed by atoms with Gasteiger partial charge >= 0.3 is 0 Å². The van der Waals surface area contributed by atoms with Crippen LogP contribution in [0.25, 0.3) is 11.5 Å². The van der Waals surface area contributed by atoms with E-state index < -0.39 is 0 Å². The summed E-state index contributed by atoms with van der Waals surface area (Å²) in [6, 6.07) is 26.7. The van der Waals surface area contributed by atoms with Gasteiger partial charge in [-0.15, -0.1) is 0 Å². The van der Waals surface area contributed by atoms with E-state index in [2.05, 4.69) is 20.7 Å². The van der Waals surface area contributed by atoms with Crippen molar-refractivity contribution < 1.29 is 4.52 Å². The zero-order chi connectivity index (χ0) is 18.5. The number of para-hydroxylation sites is 1. The van der Waals surface area contributed by atoms with E-state index in [1.807, 2.05) is 78.9 Å². The molecule has 1 N–H and O–H groups in total. The van der Waals surface area contributed by atoms with Crippen LogP contribution in [0.4, 0.5) is 5.69 Å². The Balaban J connectivity index is 1.72. The largest absolute Gasteiger partial charge is 0.334 e. The number of nitrogens with one attached hydrogen (secondary N) is 1. The fraction of sp³-hybridized carbons (Fsp3) is 0. The zero-order valence-electron chi connectivity index (χ0n) is 14.2. The zero-order valence-corrected chi connectivity index (χ0v) is 15.0. The van der Waals surface area contributed by atoms with Gasteiger partial charge in [-0.3, -0.25) is 5.43 Å². The van der Waals surface area contributed by atoms with E-state index >= 15 is 0 Å². The lowest BCUT2D eigenvalue weighted by Crippen LogP contribution is -2.08. The number of halogens is 1. The molecule has 3 aromatic carbocycles. The average molecular weight is 375 g/mol. The monoisotopic (exact) mass is 374 g/mol. The highest BCUT2D eigenvalue weighted by Gasteiger charge is 2.16. The van der Waals surface area contributed by atoms with Crippen LogP contribution in [0, 0.1) is 0 Å². The third-order valence-corrected chi connectivity index (χ3v) is 4.20. The molecule has 0 fully saturated rings. The molecule has 0 aliphatic carbocycles. The van der Waals surface area contributed by atoms with Crippen LogP contribution in [0.15, 0.2) is 94.6 Å². The van der Waals surface area contributed by atoms with Gasteiger partial charge in [0.05, 0.1) is 10.7 Å². The highest BCUT2D eigenvalue weighted by Crippen LogP contribution is 2.22. The van der Waals surface area contributed by atoms with E-state index in [-0.39, 0.29) is 0 Å². The topological polar surface area (TPSA) is 63.3 Å². The molecule has 0 aliphatic rings. The molecule has 4 rings (SSSR count). The molecule has 27 heavy (non-hydrogen) atoms. The Labute approximate surface area is 161 Å². The van der Waals surface area contributed by atoms with Crippen molar-refractivity contribution in [1.82, 2.24) is 10.1 Å². The van der Waals surface area contributed by atoms with Crippen molar-refractivity contribution in [3.8, 4) is 11.5 Å². The summed E-state index contributed by atoms with van der Waals surface area (Å²) in [5.41, 5.74) is 5.95. The Morgan fingerprint density at radius 3 is 2.26 bits per heavy atom. The predicted molar refractivity (Wildman–Crippen MR) is 107 cm³/mol. The number of hydrazone groups is 1. The van der Waals surface area contributed by atoms with Gasteiger partial charge in [-0.05, 0) is 24.3 Å². The second kappa shape index (κ2) is 7.85. The van der Waals surface area contributed by atoms with E-state index in [4.69, 9.17) is 16.1 Å². The van der Waals surface area contributed by atoms with Crippen molar-refractivity contribution >= 4 is 23.0 Å². The minimum Gasteiger partial charge on any atom is -0.334 e. The van der Waals surface area contributed by atoms with Crippen molar-refractivity contribution in [3.63, 3.8) is 0 Å². The van der Waals surface area contributed by atoms with Crippen LogP contribution in [-0.2, 0) is 0 Å². The molecule has 132 valence electrons. The number of nitrogens with zero attached hydrogens (tertiary/aromatic N) is 3. The maximum absolute atomic E-state index is 6.20. The standard InChI is InChI=1S/C21H15ClN4O/c22-17-13-7-8-14-18(17)24-25-19(15-9-3-1-4-10-15)20-23-21(27-26-20)16-11-5-2-6-12-16/h1-14,24H/b25-19+. The van der Waals surface area contributed by atoms with E-state index in [1.165, 1.54) is 0 Å². The summed E-state index contributed by atoms with van der Waals surface area (Å²) in [5, 5.41) is 9.19. The van der Waals surface area contributed by atoms with Crippen LogP contribution in [0.2, 0.25) is 5.02 Å². The Bertz CT molecular complexity index is 1060. The van der Waals surface area contributed by atoms with Crippen LogP contribution < -0.4 is 5.43 Å². The quantitative estimate of drug-likeness (QED) is 0.382. The average Bonchev–Trinajstić information content (AvgIpc) is 3.21. The Morgan fingerprint density at radius 1 is 0.852 bits per heavy atom. The van der Waals surface area contributed by atoms with Gasteiger partial charge < -0.3 is 4.52 Å². The summed E-state index contributed by atoms with van der Waals surface area (Å²) in [6.07, 6.45) is 0. The van der Waals surface area contributed by atoms with Gasteiger partial charge in [-0.25, -0.2) is 0 Å². The van der Waals surface area contributed by atoms with E-state index in [9.17, 15) is 0 Å². The van der Waals surface area contributed by atoms with Gasteiger partial charge in [0.25, 0.3) is 5.89 Å². The Kier molecular flexibility index (Phi) is 4.94. The van der Waals surface area contributed by atoms with Gasteiger partial charge in [0.15, 0.2) is 0 Å². The molecule has 4 aromatic rings. The Morgan fingerprint density at radius 2 is 1.52 bits per heavy atom. The van der Waals surface area contributed by atoms with Gasteiger partial charge in [-0.2, -0.15) is 10.1 Å². The maximum Gasteiger partial charge on any atom is 0.258 e. The lowest BCUT2D eigenvalue weighted by atomic mass is 10.1. The summed E-state index contributed by atoms with van der Waals surface area (Å²) < 4.78 is 5.43. The molecule has 0 saturated carbocycles. The molecule has 5 nitrogen and oxygen atoms in total. The molecule has 0 aliphatic heterocycles. The maximum atomic E-state index is 6.20. The number of hydrogen-bond donors (Lipinski definition) is 1. The first kappa shape index (κ1) is 17.0. The normalized spacial score (nSPS) is 11.4.